The third kappa shape index (κ3) is 5.50. The molecule has 0 aliphatic carbocycles. The molecule has 0 saturated heterocycles. The molecule has 1 atom stereocenters. The van der Waals surface area contributed by atoms with E-state index >= 15 is 0 Å². The quantitative estimate of drug-likeness (QED) is 0.583. The summed E-state index contributed by atoms with van der Waals surface area (Å²) in [5.74, 6) is -0.129. The fourth-order valence-corrected chi connectivity index (χ4v) is 3.58. The van der Waals surface area contributed by atoms with Crippen LogP contribution in [0.1, 0.15) is 6.92 Å². The molecule has 1 heterocycles. The number of hydrogen-bond donors (Lipinski definition) is 1. The summed E-state index contributed by atoms with van der Waals surface area (Å²) in [7, 11) is 0. The smallest absolute Gasteiger partial charge is 0.420 e. The largest absolute Gasteiger partial charge is 0.487 e. The van der Waals surface area contributed by atoms with E-state index in [4.69, 9.17) is 23.2 Å². The molecule has 2 aromatic rings. The first-order valence-corrected chi connectivity index (χ1v) is 9.78. The van der Waals surface area contributed by atoms with Gasteiger partial charge in [-0.1, -0.05) is 30.3 Å². The van der Waals surface area contributed by atoms with Crippen molar-refractivity contribution in [3.05, 3.63) is 53.6 Å². The first kappa shape index (κ1) is 20.7. The lowest BCUT2D eigenvalue weighted by Gasteiger charge is -2.23. The summed E-state index contributed by atoms with van der Waals surface area (Å²) in [4.78, 5) is 18.7. The first-order valence-electron chi connectivity index (χ1n) is 8.15. The number of anilines is 2. The van der Waals surface area contributed by atoms with Gasteiger partial charge in [0.25, 0.3) is 0 Å². The van der Waals surface area contributed by atoms with Crippen molar-refractivity contribution in [2.24, 2.45) is 4.99 Å². The van der Waals surface area contributed by atoms with E-state index in [1.807, 2.05) is 6.92 Å². The van der Waals surface area contributed by atoms with Crippen molar-refractivity contribution in [3.8, 4) is 5.75 Å². The second kappa shape index (κ2) is 8.55. The molecule has 0 bridgehead atoms. The van der Waals surface area contributed by atoms with E-state index in [9.17, 15) is 13.6 Å². The molecule has 1 aliphatic heterocycles. The number of carbonyl (C=O) groups is 1. The minimum atomic E-state index is -3.81. The summed E-state index contributed by atoms with van der Waals surface area (Å²) in [5.41, 5.74) is -2.82. The zero-order valence-corrected chi connectivity index (χ0v) is 16.9. The predicted molar refractivity (Wildman–Crippen MR) is 110 cm³/mol. The molecule has 1 aliphatic rings. The van der Waals surface area contributed by atoms with Crippen LogP contribution in [-0.4, -0.2) is 28.6 Å². The van der Waals surface area contributed by atoms with Crippen molar-refractivity contribution < 1.29 is 18.3 Å². The number of nitrogens with one attached hydrogen (secondary N) is 1. The topological polar surface area (TPSA) is 53.9 Å². The number of amides is 2. The van der Waals surface area contributed by atoms with Crippen LogP contribution in [0.5, 0.6) is 5.75 Å². The highest BCUT2D eigenvalue weighted by molar-refractivity contribution is 8.15. The summed E-state index contributed by atoms with van der Waals surface area (Å²) < 4.78 is 29.9. The number of benzene rings is 2. The van der Waals surface area contributed by atoms with E-state index in [2.05, 4.69) is 15.0 Å². The molecule has 0 saturated carbocycles. The van der Waals surface area contributed by atoms with E-state index in [1.165, 1.54) is 40.9 Å². The average molecular weight is 446 g/mol. The molecule has 10 heteroatoms. The molecule has 0 aromatic heterocycles. The van der Waals surface area contributed by atoms with Gasteiger partial charge in [0, 0.05) is 27.6 Å². The number of aliphatic imine (C=N–C) groups is 1. The molecular weight excluding hydrogens is 431 g/mol. The van der Waals surface area contributed by atoms with Gasteiger partial charge in [0.05, 0.1) is 12.2 Å². The van der Waals surface area contributed by atoms with Crippen LogP contribution in [0.15, 0.2) is 53.5 Å². The number of thioether (sulfide) groups is 1. The van der Waals surface area contributed by atoms with E-state index in [0.717, 1.165) is 0 Å². The number of amidine groups is 1. The maximum atomic E-state index is 12.9. The minimum absolute atomic E-state index is 0.129. The normalized spacial score (nSPS) is 16.5. The molecule has 0 unspecified atom stereocenters. The summed E-state index contributed by atoms with van der Waals surface area (Å²) in [6.45, 7) is 2.57. The van der Waals surface area contributed by atoms with Crippen molar-refractivity contribution >= 4 is 57.5 Å². The number of nitrogens with zero attached hydrogens (tertiary/aromatic N) is 2. The Balaban J connectivity index is 1.84. The minimum Gasteiger partial charge on any atom is -0.420 e. The molecule has 0 fully saturated rings. The van der Waals surface area contributed by atoms with E-state index in [-0.39, 0.29) is 11.0 Å². The molecule has 28 heavy (non-hydrogen) atoms. The molecule has 148 valence electrons. The second-order valence-electron chi connectivity index (χ2n) is 5.87. The van der Waals surface area contributed by atoms with Crippen molar-refractivity contribution in [1.29, 1.82) is 0 Å². The van der Waals surface area contributed by atoms with E-state index in [0.29, 0.717) is 28.1 Å². The Labute approximate surface area is 174 Å². The maximum absolute atomic E-state index is 12.9. The number of carbonyl (C=O) groups excluding carboxylic acids is 1. The zero-order chi connectivity index (χ0) is 20.3. The lowest BCUT2D eigenvalue weighted by atomic mass is 10.3. The highest BCUT2D eigenvalue weighted by atomic mass is 35.5. The lowest BCUT2D eigenvalue weighted by Crippen LogP contribution is -2.38. The zero-order valence-electron chi connectivity index (χ0n) is 14.5. The van der Waals surface area contributed by atoms with Gasteiger partial charge in [0.15, 0.2) is 5.17 Å². The SMILES string of the molecule is C[C@@H]1CN=C(N(C(=O)Nc2ccc(Cl)cc2)c2ccc(OC(F)(F)Cl)cc2)S1. The fourth-order valence-electron chi connectivity index (χ4n) is 2.41. The molecule has 5 nitrogen and oxygen atoms in total. The van der Waals surface area contributed by atoms with E-state index < -0.39 is 11.6 Å². The van der Waals surface area contributed by atoms with E-state index in [1.54, 1.807) is 24.3 Å². The van der Waals surface area contributed by atoms with Crippen LogP contribution in [0.3, 0.4) is 0 Å². The number of urea groups is 1. The molecular formula is C18H15Cl2F2N3O2S. The second-order valence-corrected chi connectivity index (χ2v) is 8.15. The summed E-state index contributed by atoms with van der Waals surface area (Å²) in [6, 6.07) is 11.8. The number of halogens is 4. The van der Waals surface area contributed by atoms with Gasteiger partial charge in [-0.2, -0.15) is 0 Å². The third-order valence-electron chi connectivity index (χ3n) is 3.61. The van der Waals surface area contributed by atoms with Gasteiger partial charge >= 0.3 is 11.6 Å². The Morgan fingerprint density at radius 2 is 1.89 bits per heavy atom. The first-order chi connectivity index (χ1) is 13.2. The highest BCUT2D eigenvalue weighted by Crippen LogP contribution is 2.31. The van der Waals surface area contributed by atoms with Crippen LogP contribution in [0.2, 0.25) is 5.02 Å². The van der Waals surface area contributed by atoms with Gasteiger partial charge in [-0.3, -0.25) is 4.99 Å². The Morgan fingerprint density at radius 1 is 1.25 bits per heavy atom. The fraction of sp³-hybridized carbons (Fsp3) is 0.222. The maximum Gasteiger partial charge on any atom is 0.487 e. The van der Waals surface area contributed by atoms with Gasteiger partial charge in [-0.25, -0.2) is 9.69 Å². The summed E-state index contributed by atoms with van der Waals surface area (Å²) in [5, 5.41) is 4.05. The monoisotopic (exact) mass is 445 g/mol. The molecule has 2 aromatic carbocycles. The van der Waals surface area contributed by atoms with Crippen molar-refractivity contribution in [2.75, 3.05) is 16.8 Å². The Kier molecular flexibility index (Phi) is 6.32. The Morgan fingerprint density at radius 3 is 2.43 bits per heavy atom. The van der Waals surface area contributed by atoms with Crippen LogP contribution in [0, 0.1) is 0 Å². The standard InChI is InChI=1S/C18H15Cl2F2N3O2S/c1-11-10-23-17(28-11)25(16(26)24-13-4-2-12(19)3-5-13)14-6-8-15(9-7-14)27-18(20,21)22/h2-9,11H,10H2,1H3,(H,24,26)/t11-/m1/s1. The van der Waals surface area contributed by atoms with Crippen molar-refractivity contribution in [2.45, 2.75) is 17.7 Å². The van der Waals surface area contributed by atoms with Gasteiger partial charge in [0.2, 0.25) is 0 Å². The average Bonchev–Trinajstić information content (AvgIpc) is 3.03. The lowest BCUT2D eigenvalue weighted by molar-refractivity contribution is -0.0964. The van der Waals surface area contributed by atoms with Crippen LogP contribution in [0.4, 0.5) is 25.0 Å². The molecule has 2 amide bonds. The number of rotatable bonds is 4. The third-order valence-corrected chi connectivity index (χ3v) is 5.01. The number of ether oxygens (including phenoxy) is 1. The van der Waals surface area contributed by atoms with Crippen molar-refractivity contribution in [1.82, 2.24) is 0 Å². The highest BCUT2D eigenvalue weighted by Gasteiger charge is 2.29. The van der Waals surface area contributed by atoms with Gasteiger partial charge in [-0.05, 0) is 48.5 Å². The molecule has 0 radical (unpaired) electrons. The van der Waals surface area contributed by atoms with Crippen molar-refractivity contribution in [3.63, 3.8) is 0 Å². The Bertz CT molecular complexity index is 874. The van der Waals surface area contributed by atoms with Gasteiger partial charge < -0.3 is 10.1 Å². The Hall–Kier alpha value is -2.03. The molecule has 3 rings (SSSR count). The predicted octanol–water partition coefficient (Wildman–Crippen LogP) is 6.04. The van der Waals surface area contributed by atoms with Crippen LogP contribution >= 0.6 is 35.0 Å². The summed E-state index contributed by atoms with van der Waals surface area (Å²) >= 11 is 12.1. The van der Waals surface area contributed by atoms with Gasteiger partial charge in [-0.15, -0.1) is 8.78 Å². The summed E-state index contributed by atoms with van der Waals surface area (Å²) in [6.07, 6.45) is 0. The molecule has 0 spiro atoms. The van der Waals surface area contributed by atoms with Crippen LogP contribution in [0.25, 0.3) is 0 Å². The van der Waals surface area contributed by atoms with Crippen LogP contribution in [-0.2, 0) is 0 Å². The number of hydrogen-bond acceptors (Lipinski definition) is 4. The number of alkyl halides is 3. The molecule has 1 N–H and O–H groups in total. The van der Waals surface area contributed by atoms with Gasteiger partial charge in [0.1, 0.15) is 5.75 Å². The van der Waals surface area contributed by atoms with Crippen LogP contribution < -0.4 is 15.0 Å².